The first-order valence-electron chi connectivity index (χ1n) is 9.05. The van der Waals surface area contributed by atoms with Gasteiger partial charge in [-0.05, 0) is 35.9 Å². The highest BCUT2D eigenvalue weighted by molar-refractivity contribution is 5.94. The van der Waals surface area contributed by atoms with Gasteiger partial charge in [-0.3, -0.25) is 9.59 Å². The van der Waals surface area contributed by atoms with Crippen LogP contribution >= 0.6 is 0 Å². The van der Waals surface area contributed by atoms with Crippen LogP contribution in [0.25, 0.3) is 0 Å². The van der Waals surface area contributed by atoms with E-state index in [2.05, 4.69) is 0 Å². The Labute approximate surface area is 163 Å². The van der Waals surface area contributed by atoms with Crippen molar-refractivity contribution < 1.29 is 23.5 Å². The molecule has 3 rings (SSSR count). The summed E-state index contributed by atoms with van der Waals surface area (Å²) in [6, 6.07) is 11.1. The van der Waals surface area contributed by atoms with E-state index >= 15 is 0 Å². The molecule has 0 unspecified atom stereocenters. The molecule has 2 aromatic rings. The predicted octanol–water partition coefficient (Wildman–Crippen LogP) is 2.37. The summed E-state index contributed by atoms with van der Waals surface area (Å²) >= 11 is 0. The molecule has 2 aromatic carbocycles. The van der Waals surface area contributed by atoms with Crippen molar-refractivity contribution in [2.45, 2.75) is 6.42 Å². The third-order valence-corrected chi connectivity index (χ3v) is 4.79. The van der Waals surface area contributed by atoms with Gasteiger partial charge in [-0.25, -0.2) is 4.39 Å². The van der Waals surface area contributed by atoms with Crippen molar-refractivity contribution in [1.29, 1.82) is 0 Å². The van der Waals surface area contributed by atoms with Crippen molar-refractivity contribution in [1.82, 2.24) is 9.80 Å². The summed E-state index contributed by atoms with van der Waals surface area (Å²) in [6.45, 7) is 1.75. The lowest BCUT2D eigenvalue weighted by Gasteiger charge is -2.35. The fourth-order valence-electron chi connectivity index (χ4n) is 3.24. The largest absolute Gasteiger partial charge is 0.493 e. The van der Waals surface area contributed by atoms with Gasteiger partial charge in [0.25, 0.3) is 5.91 Å². The molecule has 6 nitrogen and oxygen atoms in total. The summed E-state index contributed by atoms with van der Waals surface area (Å²) in [5, 5.41) is 0. The van der Waals surface area contributed by atoms with Crippen LogP contribution < -0.4 is 9.47 Å². The van der Waals surface area contributed by atoms with Crippen molar-refractivity contribution >= 4 is 11.8 Å². The molecule has 1 aliphatic heterocycles. The maximum Gasteiger partial charge on any atom is 0.254 e. The second-order valence-corrected chi connectivity index (χ2v) is 6.55. The number of amides is 2. The zero-order valence-corrected chi connectivity index (χ0v) is 16.0. The van der Waals surface area contributed by atoms with E-state index in [1.807, 2.05) is 6.07 Å². The second-order valence-electron chi connectivity index (χ2n) is 6.55. The van der Waals surface area contributed by atoms with Crippen LogP contribution in [0.15, 0.2) is 42.5 Å². The highest BCUT2D eigenvalue weighted by atomic mass is 19.1. The molecule has 7 heteroatoms. The molecule has 148 valence electrons. The van der Waals surface area contributed by atoms with Crippen LogP contribution in [0.5, 0.6) is 11.5 Å². The minimum absolute atomic E-state index is 0.00919. The SMILES string of the molecule is COc1ccc(CC(=O)N2CCN(C(=O)c3cccc(F)c3)CC2)cc1OC. The van der Waals surface area contributed by atoms with Gasteiger partial charge in [0.2, 0.25) is 5.91 Å². The first-order chi connectivity index (χ1) is 13.5. The Hall–Kier alpha value is -3.09. The fourth-order valence-corrected chi connectivity index (χ4v) is 3.24. The molecular formula is C21H23FN2O4. The highest BCUT2D eigenvalue weighted by Gasteiger charge is 2.25. The Balaban J connectivity index is 1.57. The number of methoxy groups -OCH3 is 2. The van der Waals surface area contributed by atoms with E-state index in [0.717, 1.165) is 5.56 Å². The number of ether oxygens (including phenoxy) is 2. The minimum Gasteiger partial charge on any atom is -0.493 e. The summed E-state index contributed by atoms with van der Waals surface area (Å²) in [5.41, 5.74) is 1.16. The Morgan fingerprint density at radius 1 is 0.929 bits per heavy atom. The standard InChI is InChI=1S/C21H23FN2O4/c1-27-18-7-6-15(12-19(18)28-2)13-20(25)23-8-10-24(11-9-23)21(26)16-4-3-5-17(22)14-16/h3-7,12,14H,8-11,13H2,1-2H3. The topological polar surface area (TPSA) is 59.1 Å². The number of halogens is 1. The molecule has 2 amide bonds. The van der Waals surface area contributed by atoms with Gasteiger partial charge < -0.3 is 19.3 Å². The molecule has 0 saturated carbocycles. The summed E-state index contributed by atoms with van der Waals surface area (Å²) in [5.74, 6) is 0.535. The molecule has 0 aliphatic carbocycles. The van der Waals surface area contributed by atoms with Crippen LogP contribution in [0.2, 0.25) is 0 Å². The van der Waals surface area contributed by atoms with Gasteiger partial charge in [-0.2, -0.15) is 0 Å². The van der Waals surface area contributed by atoms with Crippen molar-refractivity contribution in [3.63, 3.8) is 0 Å². The van der Waals surface area contributed by atoms with Gasteiger partial charge in [0.1, 0.15) is 5.82 Å². The molecular weight excluding hydrogens is 363 g/mol. The van der Waals surface area contributed by atoms with E-state index in [9.17, 15) is 14.0 Å². The molecule has 0 N–H and O–H groups in total. The van der Waals surface area contributed by atoms with Crippen molar-refractivity contribution in [3.05, 3.63) is 59.4 Å². The zero-order valence-electron chi connectivity index (χ0n) is 16.0. The van der Waals surface area contributed by atoms with Gasteiger partial charge in [0.15, 0.2) is 11.5 Å². The summed E-state index contributed by atoms with van der Waals surface area (Å²) in [7, 11) is 3.12. The fraction of sp³-hybridized carbons (Fsp3) is 0.333. The van der Waals surface area contributed by atoms with Gasteiger partial charge in [0, 0.05) is 31.7 Å². The Bertz CT molecular complexity index is 863. The molecule has 0 radical (unpaired) electrons. The number of nitrogens with zero attached hydrogens (tertiary/aromatic N) is 2. The number of carbonyl (C=O) groups excluding carboxylic acids is 2. The maximum absolute atomic E-state index is 13.3. The lowest BCUT2D eigenvalue weighted by Crippen LogP contribution is -2.51. The molecule has 1 saturated heterocycles. The predicted molar refractivity (Wildman–Crippen MR) is 102 cm³/mol. The van der Waals surface area contributed by atoms with E-state index < -0.39 is 5.82 Å². The average molecular weight is 386 g/mol. The first kappa shape index (κ1) is 19.7. The molecule has 0 bridgehead atoms. The number of rotatable bonds is 5. The lowest BCUT2D eigenvalue weighted by molar-refractivity contribution is -0.131. The second kappa shape index (κ2) is 8.73. The molecule has 28 heavy (non-hydrogen) atoms. The molecule has 1 heterocycles. The van der Waals surface area contributed by atoms with E-state index in [1.54, 1.807) is 42.2 Å². The number of piperazine rings is 1. The first-order valence-corrected chi connectivity index (χ1v) is 9.05. The third kappa shape index (κ3) is 4.42. The van der Waals surface area contributed by atoms with Crippen molar-refractivity contribution in [2.75, 3.05) is 40.4 Å². The smallest absolute Gasteiger partial charge is 0.254 e. The number of hydrogen-bond acceptors (Lipinski definition) is 4. The van der Waals surface area contributed by atoms with Crippen LogP contribution in [0, 0.1) is 5.82 Å². The van der Waals surface area contributed by atoms with E-state index in [-0.39, 0.29) is 18.2 Å². The van der Waals surface area contributed by atoms with Gasteiger partial charge >= 0.3 is 0 Å². The van der Waals surface area contributed by atoms with Crippen LogP contribution in [0.1, 0.15) is 15.9 Å². The summed E-state index contributed by atoms with van der Waals surface area (Å²) in [4.78, 5) is 28.5. The van der Waals surface area contributed by atoms with Crippen LogP contribution in [0.4, 0.5) is 4.39 Å². The highest BCUT2D eigenvalue weighted by Crippen LogP contribution is 2.28. The molecule has 1 aliphatic rings. The Kier molecular flexibility index (Phi) is 6.13. The Morgan fingerprint density at radius 3 is 2.25 bits per heavy atom. The number of carbonyl (C=O) groups is 2. The lowest BCUT2D eigenvalue weighted by atomic mass is 10.1. The van der Waals surface area contributed by atoms with E-state index in [0.29, 0.717) is 43.2 Å². The zero-order chi connectivity index (χ0) is 20.1. The van der Waals surface area contributed by atoms with Crippen LogP contribution in [-0.4, -0.2) is 62.0 Å². The number of hydrogen-bond donors (Lipinski definition) is 0. The third-order valence-electron chi connectivity index (χ3n) is 4.79. The van der Waals surface area contributed by atoms with Gasteiger partial charge in [-0.1, -0.05) is 12.1 Å². The van der Waals surface area contributed by atoms with Gasteiger partial charge in [0.05, 0.1) is 20.6 Å². The van der Waals surface area contributed by atoms with Crippen molar-refractivity contribution in [3.8, 4) is 11.5 Å². The van der Waals surface area contributed by atoms with Gasteiger partial charge in [-0.15, -0.1) is 0 Å². The minimum atomic E-state index is -0.436. The Morgan fingerprint density at radius 2 is 1.61 bits per heavy atom. The molecule has 0 spiro atoms. The quantitative estimate of drug-likeness (QED) is 0.792. The molecule has 1 fully saturated rings. The summed E-state index contributed by atoms with van der Waals surface area (Å²) in [6.07, 6.45) is 0.248. The monoisotopic (exact) mass is 386 g/mol. The van der Waals surface area contributed by atoms with E-state index in [4.69, 9.17) is 9.47 Å². The molecule has 0 aromatic heterocycles. The van der Waals surface area contributed by atoms with Crippen molar-refractivity contribution in [2.24, 2.45) is 0 Å². The normalized spacial score (nSPS) is 14.0. The maximum atomic E-state index is 13.3. The summed E-state index contributed by atoms with van der Waals surface area (Å²) < 4.78 is 23.8. The average Bonchev–Trinajstić information content (AvgIpc) is 2.73. The van der Waals surface area contributed by atoms with Crippen LogP contribution in [-0.2, 0) is 11.2 Å². The van der Waals surface area contributed by atoms with E-state index in [1.165, 1.54) is 18.2 Å². The van der Waals surface area contributed by atoms with Crippen LogP contribution in [0.3, 0.4) is 0 Å². The number of benzene rings is 2. The molecule has 0 atom stereocenters.